The van der Waals surface area contributed by atoms with Gasteiger partial charge in [-0.3, -0.25) is 4.79 Å². The molecule has 5 rings (SSSR count). The topological polar surface area (TPSA) is 73.9 Å². The van der Waals surface area contributed by atoms with Crippen LogP contribution in [-0.2, 0) is 14.3 Å². The van der Waals surface area contributed by atoms with Crippen LogP contribution in [0.2, 0.25) is 5.02 Å². The third-order valence-corrected chi connectivity index (χ3v) is 7.40. The van der Waals surface area contributed by atoms with Gasteiger partial charge in [0.2, 0.25) is 0 Å². The average molecular weight is 544 g/mol. The summed E-state index contributed by atoms with van der Waals surface area (Å²) in [5.41, 5.74) is 4.38. The lowest BCUT2D eigenvalue weighted by Gasteiger charge is -2.36. The Balaban J connectivity index is 1.43. The third kappa shape index (κ3) is 5.86. The molecule has 0 radical (unpaired) electrons. The van der Waals surface area contributed by atoms with Gasteiger partial charge in [0.1, 0.15) is 24.7 Å². The van der Waals surface area contributed by atoms with Gasteiger partial charge < -0.3 is 19.5 Å². The van der Waals surface area contributed by atoms with Crippen LogP contribution in [-0.4, -0.2) is 32.1 Å². The molecule has 0 bridgehead atoms. The van der Waals surface area contributed by atoms with Gasteiger partial charge in [-0.15, -0.1) is 0 Å². The Labute approximate surface area is 233 Å². The maximum absolute atomic E-state index is 13.8. The molecule has 1 aliphatic heterocycles. The van der Waals surface area contributed by atoms with Crippen molar-refractivity contribution in [1.29, 1.82) is 0 Å². The molecule has 2 atom stereocenters. The van der Waals surface area contributed by atoms with Crippen LogP contribution in [0.4, 0.5) is 0 Å². The van der Waals surface area contributed by atoms with Crippen molar-refractivity contribution in [2.24, 2.45) is 0 Å². The van der Waals surface area contributed by atoms with Crippen LogP contribution in [0.5, 0.6) is 11.5 Å². The van der Waals surface area contributed by atoms with Gasteiger partial charge in [-0.25, -0.2) is 4.79 Å². The summed E-state index contributed by atoms with van der Waals surface area (Å²) in [5.74, 6) is 0.318. The second-order valence-corrected chi connectivity index (χ2v) is 10.1. The Kier molecular flexibility index (Phi) is 8.03. The van der Waals surface area contributed by atoms with Crippen LogP contribution in [0.15, 0.2) is 101 Å². The maximum atomic E-state index is 13.8. The molecule has 0 fully saturated rings. The Morgan fingerprint density at radius 1 is 0.923 bits per heavy atom. The van der Waals surface area contributed by atoms with Crippen LogP contribution in [0.1, 0.15) is 42.7 Å². The second-order valence-electron chi connectivity index (χ2n) is 9.64. The maximum Gasteiger partial charge on any atom is 0.336 e. The van der Waals surface area contributed by atoms with E-state index in [1.807, 2.05) is 85.8 Å². The van der Waals surface area contributed by atoms with E-state index < -0.39 is 11.9 Å². The highest BCUT2D eigenvalue weighted by Gasteiger charge is 2.41. The van der Waals surface area contributed by atoms with Crippen molar-refractivity contribution < 1.29 is 23.8 Å². The summed E-state index contributed by atoms with van der Waals surface area (Å²) >= 11 is 6.09. The number of ketones is 1. The van der Waals surface area contributed by atoms with E-state index in [1.165, 1.54) is 0 Å². The number of halogens is 1. The lowest BCUT2D eigenvalue weighted by molar-refractivity contribution is -0.140. The van der Waals surface area contributed by atoms with Gasteiger partial charge >= 0.3 is 5.97 Å². The summed E-state index contributed by atoms with van der Waals surface area (Å²) in [6.07, 6.45) is 0.989. The van der Waals surface area contributed by atoms with Crippen molar-refractivity contribution in [1.82, 2.24) is 5.32 Å². The normalized spacial score (nSPS) is 18.8. The number of Topliss-reactive ketones (excluding diaryl/α,β-unsaturated/α-hetero) is 1. The number of methoxy groups -OCH3 is 1. The smallest absolute Gasteiger partial charge is 0.336 e. The summed E-state index contributed by atoms with van der Waals surface area (Å²) in [5, 5.41) is 4.04. The van der Waals surface area contributed by atoms with E-state index in [1.54, 1.807) is 7.11 Å². The molecule has 0 aromatic heterocycles. The largest absolute Gasteiger partial charge is 0.497 e. The molecule has 0 saturated carbocycles. The quantitative estimate of drug-likeness (QED) is 0.264. The first-order valence-corrected chi connectivity index (χ1v) is 13.3. The fourth-order valence-electron chi connectivity index (χ4n) is 5.32. The first-order valence-electron chi connectivity index (χ1n) is 12.9. The zero-order valence-electron chi connectivity index (χ0n) is 21.9. The zero-order chi connectivity index (χ0) is 27.4. The minimum Gasteiger partial charge on any atom is -0.497 e. The Morgan fingerprint density at radius 2 is 1.67 bits per heavy atom. The molecule has 0 spiro atoms. The average Bonchev–Trinajstić information content (AvgIpc) is 2.95. The number of para-hydroxylation sites is 1. The van der Waals surface area contributed by atoms with Gasteiger partial charge in [0.15, 0.2) is 5.78 Å². The van der Waals surface area contributed by atoms with E-state index >= 15 is 0 Å². The lowest BCUT2D eigenvalue weighted by atomic mass is 9.71. The van der Waals surface area contributed by atoms with Gasteiger partial charge in [-0.05, 0) is 66.8 Å². The molecular weight excluding hydrogens is 514 g/mol. The highest BCUT2D eigenvalue weighted by atomic mass is 35.5. The zero-order valence-corrected chi connectivity index (χ0v) is 22.7. The number of carbonyl (C=O) groups excluding carboxylic acids is 2. The number of nitrogens with one attached hydrogen (secondary N) is 1. The number of dihydropyridines is 1. The molecule has 1 N–H and O–H groups in total. The van der Waals surface area contributed by atoms with E-state index in [4.69, 9.17) is 25.8 Å². The lowest BCUT2D eigenvalue weighted by Crippen LogP contribution is -2.36. The van der Waals surface area contributed by atoms with E-state index in [0.29, 0.717) is 46.2 Å². The van der Waals surface area contributed by atoms with Crippen molar-refractivity contribution >= 4 is 23.4 Å². The predicted octanol–water partition coefficient (Wildman–Crippen LogP) is 6.33. The molecule has 3 aromatic rings. The summed E-state index contributed by atoms with van der Waals surface area (Å²) in [4.78, 5) is 27.3. The van der Waals surface area contributed by atoms with Crippen molar-refractivity contribution in [2.75, 3.05) is 20.3 Å². The van der Waals surface area contributed by atoms with Crippen LogP contribution in [0.3, 0.4) is 0 Å². The number of hydrogen-bond donors (Lipinski definition) is 1. The molecule has 7 heteroatoms. The van der Waals surface area contributed by atoms with Crippen LogP contribution < -0.4 is 14.8 Å². The molecule has 1 heterocycles. The molecule has 6 nitrogen and oxygen atoms in total. The van der Waals surface area contributed by atoms with Gasteiger partial charge in [-0.1, -0.05) is 54.1 Å². The predicted molar refractivity (Wildman–Crippen MR) is 150 cm³/mol. The Bertz CT molecular complexity index is 1430. The number of rotatable bonds is 8. The number of ether oxygens (including phenoxy) is 3. The molecule has 200 valence electrons. The summed E-state index contributed by atoms with van der Waals surface area (Å²) < 4.78 is 16.8. The van der Waals surface area contributed by atoms with Crippen molar-refractivity contribution in [3.8, 4) is 11.5 Å². The number of hydrogen-bond acceptors (Lipinski definition) is 6. The van der Waals surface area contributed by atoms with Gasteiger partial charge in [0.25, 0.3) is 0 Å². The summed E-state index contributed by atoms with van der Waals surface area (Å²) in [7, 11) is 1.59. The minimum atomic E-state index is -0.572. The number of allylic oxidation sites excluding steroid dienone is 3. The molecule has 0 amide bonds. The Hall–Kier alpha value is -4.03. The number of benzene rings is 3. The molecule has 1 aliphatic carbocycles. The SMILES string of the molecule is COc1cccc([C@H]2C(C(=O)OCCOc3ccccc3)=C(C)NC3=C2C(=O)C[C@@H](c2ccc(Cl)cc2)C3)c1. The van der Waals surface area contributed by atoms with Crippen LogP contribution >= 0.6 is 11.6 Å². The first kappa shape index (κ1) is 26.6. The molecule has 2 aliphatic rings. The van der Waals surface area contributed by atoms with Crippen LogP contribution in [0, 0.1) is 0 Å². The third-order valence-electron chi connectivity index (χ3n) is 7.14. The molecule has 0 unspecified atom stereocenters. The second kappa shape index (κ2) is 11.8. The molecule has 39 heavy (non-hydrogen) atoms. The highest BCUT2D eigenvalue weighted by Crippen LogP contribution is 2.46. The summed E-state index contributed by atoms with van der Waals surface area (Å²) in [6.45, 7) is 2.15. The molecular formula is C32H30ClNO5. The van der Waals surface area contributed by atoms with Gasteiger partial charge in [-0.2, -0.15) is 0 Å². The monoisotopic (exact) mass is 543 g/mol. The van der Waals surface area contributed by atoms with E-state index in [2.05, 4.69) is 5.32 Å². The van der Waals surface area contributed by atoms with E-state index in [-0.39, 0.29) is 24.9 Å². The van der Waals surface area contributed by atoms with E-state index in [9.17, 15) is 9.59 Å². The molecule has 0 saturated heterocycles. The standard InChI is InChI=1S/C32H30ClNO5/c1-20-29(32(36)39-16-15-38-25-8-4-3-5-9-25)30(22-7-6-10-26(17-22)37-2)31-27(34-20)18-23(19-28(31)35)21-11-13-24(33)14-12-21/h3-14,17,23,30,34H,15-16,18-19H2,1-2H3/t23-,30-/m0/s1. The molecule has 3 aromatic carbocycles. The van der Waals surface area contributed by atoms with Gasteiger partial charge in [0, 0.05) is 34.3 Å². The highest BCUT2D eigenvalue weighted by molar-refractivity contribution is 6.30. The minimum absolute atomic E-state index is 0.00160. The number of carbonyl (C=O) groups is 2. The van der Waals surface area contributed by atoms with Crippen molar-refractivity contribution in [3.05, 3.63) is 118 Å². The fraction of sp³-hybridized carbons (Fsp3) is 0.250. The first-order chi connectivity index (χ1) is 18.9. The Morgan fingerprint density at radius 3 is 2.41 bits per heavy atom. The van der Waals surface area contributed by atoms with Gasteiger partial charge in [0.05, 0.1) is 12.7 Å². The van der Waals surface area contributed by atoms with Crippen molar-refractivity contribution in [3.63, 3.8) is 0 Å². The van der Waals surface area contributed by atoms with Crippen molar-refractivity contribution in [2.45, 2.75) is 31.6 Å². The number of esters is 1. The summed E-state index contributed by atoms with van der Waals surface area (Å²) in [6, 6.07) is 24.5. The fourth-order valence-corrected chi connectivity index (χ4v) is 5.45. The van der Waals surface area contributed by atoms with E-state index in [0.717, 1.165) is 16.8 Å². The van der Waals surface area contributed by atoms with Crippen LogP contribution in [0.25, 0.3) is 0 Å².